The summed E-state index contributed by atoms with van der Waals surface area (Å²) in [7, 11) is -3.97. The van der Waals surface area contributed by atoms with Gasteiger partial charge >= 0.3 is 0 Å². The van der Waals surface area contributed by atoms with E-state index in [1.165, 1.54) is 40.1 Å². The van der Waals surface area contributed by atoms with E-state index >= 15 is 0 Å². The van der Waals surface area contributed by atoms with Gasteiger partial charge in [0.1, 0.15) is 9.93 Å². The van der Waals surface area contributed by atoms with Gasteiger partial charge in [-0.1, -0.05) is 36.0 Å². The number of carbonyl (C=O) groups is 1. The number of anilines is 1. The molecule has 2 aromatic rings. The molecule has 0 bridgehead atoms. The minimum atomic E-state index is -3.97. The van der Waals surface area contributed by atoms with E-state index in [0.717, 1.165) is 27.5 Å². The van der Waals surface area contributed by atoms with Crippen molar-refractivity contribution >= 4 is 61.1 Å². The molecule has 4 rings (SSSR count). The Morgan fingerprint density at radius 3 is 2.58 bits per heavy atom. The number of thioether (sulfide) groups is 2. The summed E-state index contributed by atoms with van der Waals surface area (Å²) in [6, 6.07) is 7.95. The van der Waals surface area contributed by atoms with E-state index in [9.17, 15) is 13.2 Å². The van der Waals surface area contributed by atoms with Crippen LogP contribution in [0.4, 0.5) is 5.13 Å². The topological polar surface area (TPSA) is 82.9 Å². The summed E-state index contributed by atoms with van der Waals surface area (Å²) in [4.78, 5) is 22.5. The lowest BCUT2D eigenvalue weighted by molar-refractivity contribution is -0.121. The van der Waals surface area contributed by atoms with E-state index in [2.05, 4.69) is 16.0 Å². The molecule has 31 heavy (non-hydrogen) atoms. The molecule has 2 aliphatic heterocycles. The minimum absolute atomic E-state index is 0.0724. The van der Waals surface area contributed by atoms with Crippen molar-refractivity contribution in [1.29, 1.82) is 0 Å². The Kier molecular flexibility index (Phi) is 6.11. The Morgan fingerprint density at radius 1 is 1.19 bits per heavy atom. The molecule has 1 aromatic heterocycles. The van der Waals surface area contributed by atoms with Gasteiger partial charge in [-0.15, -0.1) is 22.3 Å². The number of amides is 1. The standard InChI is InChI=1S/C20H18N4O3S4/c1-4-11-23-17(25)16(18-24(13(2)14(3)29-18)19-21-10-12-28-19)30-20(23)22-31(26,27)15-8-6-5-7-9-15/h4-10,12H,1,11H2,2-3H3. The highest BCUT2D eigenvalue weighted by molar-refractivity contribution is 8.20. The van der Waals surface area contributed by atoms with Crippen molar-refractivity contribution in [2.24, 2.45) is 4.40 Å². The van der Waals surface area contributed by atoms with Gasteiger partial charge in [-0.3, -0.25) is 14.6 Å². The highest BCUT2D eigenvalue weighted by Gasteiger charge is 2.40. The molecule has 0 unspecified atom stereocenters. The maximum absolute atomic E-state index is 13.3. The van der Waals surface area contributed by atoms with Gasteiger partial charge < -0.3 is 0 Å². The zero-order chi connectivity index (χ0) is 22.2. The maximum Gasteiger partial charge on any atom is 0.284 e. The summed E-state index contributed by atoms with van der Waals surface area (Å²) >= 11 is 3.99. The molecular weight excluding hydrogens is 473 g/mol. The highest BCUT2D eigenvalue weighted by Crippen LogP contribution is 2.49. The van der Waals surface area contributed by atoms with Gasteiger partial charge in [-0.25, -0.2) is 4.98 Å². The molecule has 1 fully saturated rings. The molecule has 1 saturated heterocycles. The lowest BCUT2D eigenvalue weighted by Crippen LogP contribution is -2.30. The number of aromatic nitrogens is 1. The van der Waals surface area contributed by atoms with Crippen LogP contribution >= 0.6 is 34.9 Å². The molecule has 1 amide bonds. The summed E-state index contributed by atoms with van der Waals surface area (Å²) in [5.41, 5.74) is 0.980. The number of hydrogen-bond acceptors (Lipinski definition) is 8. The van der Waals surface area contributed by atoms with Crippen LogP contribution in [0.25, 0.3) is 0 Å². The molecular formula is C20H18N4O3S4. The molecule has 1 aromatic carbocycles. The van der Waals surface area contributed by atoms with Crippen molar-refractivity contribution in [2.75, 3.05) is 11.4 Å². The van der Waals surface area contributed by atoms with Gasteiger partial charge in [0, 0.05) is 28.7 Å². The van der Waals surface area contributed by atoms with E-state index in [1.54, 1.807) is 30.5 Å². The molecule has 3 heterocycles. The van der Waals surface area contributed by atoms with E-state index in [4.69, 9.17) is 0 Å². The van der Waals surface area contributed by atoms with Crippen molar-refractivity contribution in [3.05, 3.63) is 75.1 Å². The van der Waals surface area contributed by atoms with E-state index < -0.39 is 10.0 Å². The number of nitrogens with zero attached hydrogens (tertiary/aromatic N) is 4. The van der Waals surface area contributed by atoms with Crippen LogP contribution in [-0.2, 0) is 14.8 Å². The van der Waals surface area contributed by atoms with E-state index in [0.29, 0.717) is 9.93 Å². The Bertz CT molecular complexity index is 1230. The normalized spacial score (nSPS) is 21.0. The van der Waals surface area contributed by atoms with Crippen molar-refractivity contribution in [3.8, 4) is 0 Å². The van der Waals surface area contributed by atoms with Crippen LogP contribution in [0.3, 0.4) is 0 Å². The van der Waals surface area contributed by atoms with E-state index in [-0.39, 0.29) is 22.5 Å². The van der Waals surface area contributed by atoms with Gasteiger partial charge in [0.2, 0.25) is 0 Å². The zero-order valence-corrected chi connectivity index (χ0v) is 19.9. The molecule has 0 atom stereocenters. The molecule has 7 nitrogen and oxygen atoms in total. The van der Waals surface area contributed by atoms with Crippen LogP contribution in [0.1, 0.15) is 13.8 Å². The number of sulfonamides is 1. The Hall–Kier alpha value is -2.34. The average molecular weight is 491 g/mol. The second kappa shape index (κ2) is 8.65. The number of rotatable bonds is 5. The fourth-order valence-electron chi connectivity index (χ4n) is 2.92. The molecule has 11 heteroatoms. The monoisotopic (exact) mass is 490 g/mol. The number of allylic oxidation sites excluding steroid dienone is 2. The number of carbonyl (C=O) groups excluding carboxylic acids is 1. The lowest BCUT2D eigenvalue weighted by atomic mass is 10.4. The molecule has 160 valence electrons. The van der Waals surface area contributed by atoms with Gasteiger partial charge in [-0.05, 0) is 37.7 Å². The quantitative estimate of drug-likeness (QED) is 0.447. The number of thiazole rings is 1. The smallest absolute Gasteiger partial charge is 0.282 e. The third-order valence-electron chi connectivity index (χ3n) is 4.52. The molecule has 0 aliphatic carbocycles. The summed E-state index contributed by atoms with van der Waals surface area (Å²) in [5, 5.41) is 3.43. The summed E-state index contributed by atoms with van der Waals surface area (Å²) in [5.74, 6) is -0.307. The van der Waals surface area contributed by atoms with Gasteiger partial charge in [-0.2, -0.15) is 8.42 Å². The first-order chi connectivity index (χ1) is 14.8. The summed E-state index contributed by atoms with van der Waals surface area (Å²) in [6.45, 7) is 7.80. The number of hydrogen-bond donors (Lipinski definition) is 0. The Labute approximate surface area is 193 Å². The SMILES string of the molecule is C=CCN1C(=O)C(=C2SC(C)=C(C)N2c2nccs2)SC1=NS(=O)(=O)c1ccccc1. The second-order valence-electron chi connectivity index (χ2n) is 6.50. The van der Waals surface area contributed by atoms with Gasteiger partial charge in [0.25, 0.3) is 15.9 Å². The minimum Gasteiger partial charge on any atom is -0.282 e. The highest BCUT2D eigenvalue weighted by atomic mass is 32.2. The van der Waals surface area contributed by atoms with Crippen LogP contribution in [0.15, 0.2) is 84.4 Å². The average Bonchev–Trinajstić information content (AvgIpc) is 3.44. The van der Waals surface area contributed by atoms with Gasteiger partial charge in [0.05, 0.1) is 4.90 Å². The third-order valence-corrected chi connectivity index (χ3v) is 9.05. The fourth-order valence-corrected chi connectivity index (χ4v) is 7.13. The molecule has 0 spiro atoms. The molecule has 0 radical (unpaired) electrons. The zero-order valence-electron chi connectivity index (χ0n) is 16.7. The van der Waals surface area contributed by atoms with Crippen LogP contribution in [-0.4, -0.2) is 35.9 Å². The van der Waals surface area contributed by atoms with Crippen LogP contribution in [0.2, 0.25) is 0 Å². The van der Waals surface area contributed by atoms with Crippen molar-refractivity contribution in [2.45, 2.75) is 18.7 Å². The first-order valence-electron chi connectivity index (χ1n) is 9.13. The van der Waals surface area contributed by atoms with E-state index in [1.807, 2.05) is 24.1 Å². The predicted octanol–water partition coefficient (Wildman–Crippen LogP) is 4.62. The molecule has 0 N–H and O–H groups in total. The predicted molar refractivity (Wildman–Crippen MR) is 128 cm³/mol. The summed E-state index contributed by atoms with van der Waals surface area (Å²) < 4.78 is 29.6. The Morgan fingerprint density at radius 2 is 1.94 bits per heavy atom. The van der Waals surface area contributed by atoms with Crippen LogP contribution < -0.4 is 4.90 Å². The number of benzene rings is 1. The third kappa shape index (κ3) is 4.10. The van der Waals surface area contributed by atoms with Gasteiger partial charge in [0.15, 0.2) is 10.3 Å². The first-order valence-corrected chi connectivity index (χ1v) is 13.1. The largest absolute Gasteiger partial charge is 0.284 e. The van der Waals surface area contributed by atoms with Crippen molar-refractivity contribution in [3.63, 3.8) is 0 Å². The lowest BCUT2D eigenvalue weighted by Gasteiger charge is -2.19. The molecule has 2 aliphatic rings. The van der Waals surface area contributed by atoms with Crippen LogP contribution in [0, 0.1) is 0 Å². The van der Waals surface area contributed by atoms with Crippen LogP contribution in [0.5, 0.6) is 0 Å². The van der Waals surface area contributed by atoms with Crippen molar-refractivity contribution < 1.29 is 13.2 Å². The summed E-state index contributed by atoms with van der Waals surface area (Å²) in [6.07, 6.45) is 3.26. The Balaban J connectivity index is 1.80. The number of amidine groups is 1. The van der Waals surface area contributed by atoms with Crippen molar-refractivity contribution in [1.82, 2.24) is 9.88 Å². The maximum atomic E-state index is 13.3. The molecule has 0 saturated carbocycles. The first kappa shape index (κ1) is 21.9. The fraction of sp³-hybridized carbons (Fsp3) is 0.150. The second-order valence-corrected chi connectivity index (χ2v) is 11.2.